The van der Waals surface area contributed by atoms with Crippen molar-refractivity contribution in [2.75, 3.05) is 6.61 Å². The van der Waals surface area contributed by atoms with Crippen molar-refractivity contribution in [1.82, 2.24) is 9.55 Å². The minimum Gasteiger partial charge on any atom is -0.396 e. The van der Waals surface area contributed by atoms with E-state index in [1.807, 2.05) is 0 Å². The molecule has 3 N–H and O–H groups in total. The molecule has 1 heterocycles. The van der Waals surface area contributed by atoms with Crippen molar-refractivity contribution in [3.05, 3.63) is 39.2 Å². The number of nitrogens with zero attached hydrogens (tertiary/aromatic N) is 2. The van der Waals surface area contributed by atoms with E-state index in [1.165, 1.54) is 16.7 Å². The fraction of sp³-hybridized carbons (Fsp3) is 0.429. The zero-order chi connectivity index (χ0) is 15.3. The molecule has 1 aliphatic rings. The fourth-order valence-corrected chi connectivity index (χ4v) is 2.87. The number of benzene rings is 1. The SMILES string of the molecule is CC(N)c1nc2c(F)ccc(Cl)c2c(=O)n1C1CC1CO. The monoisotopic (exact) mass is 311 g/mol. The number of hydrogen-bond acceptors (Lipinski definition) is 4. The van der Waals surface area contributed by atoms with E-state index in [9.17, 15) is 14.3 Å². The van der Waals surface area contributed by atoms with Crippen molar-refractivity contribution >= 4 is 22.5 Å². The van der Waals surface area contributed by atoms with E-state index in [1.54, 1.807) is 6.92 Å². The Morgan fingerprint density at radius 1 is 1.62 bits per heavy atom. The number of fused-ring (bicyclic) bond motifs is 1. The Labute approximate surface area is 125 Å². The van der Waals surface area contributed by atoms with Crippen LogP contribution in [0.1, 0.15) is 31.3 Å². The van der Waals surface area contributed by atoms with Crippen molar-refractivity contribution < 1.29 is 9.50 Å². The first-order chi connectivity index (χ1) is 9.95. The molecular weight excluding hydrogens is 297 g/mol. The lowest BCUT2D eigenvalue weighted by molar-refractivity contribution is 0.267. The molecule has 0 radical (unpaired) electrons. The van der Waals surface area contributed by atoms with Crippen LogP contribution in [0.5, 0.6) is 0 Å². The van der Waals surface area contributed by atoms with E-state index < -0.39 is 17.4 Å². The van der Waals surface area contributed by atoms with E-state index in [2.05, 4.69) is 4.98 Å². The predicted octanol–water partition coefficient (Wildman–Crippen LogP) is 1.76. The zero-order valence-corrected chi connectivity index (χ0v) is 12.1. The van der Waals surface area contributed by atoms with Crippen molar-refractivity contribution in [2.24, 2.45) is 11.7 Å². The maximum absolute atomic E-state index is 13.9. The highest BCUT2D eigenvalue weighted by molar-refractivity contribution is 6.35. The molecule has 1 saturated carbocycles. The van der Waals surface area contributed by atoms with E-state index in [-0.39, 0.29) is 34.5 Å². The van der Waals surface area contributed by atoms with Gasteiger partial charge in [-0.1, -0.05) is 11.6 Å². The average Bonchev–Trinajstić information content (AvgIpc) is 3.21. The van der Waals surface area contributed by atoms with Gasteiger partial charge in [-0.05, 0) is 25.5 Å². The summed E-state index contributed by atoms with van der Waals surface area (Å²) in [6, 6.07) is 1.84. The smallest absolute Gasteiger partial charge is 0.263 e. The topological polar surface area (TPSA) is 81.1 Å². The molecule has 1 fully saturated rings. The third-order valence-corrected chi connectivity index (χ3v) is 4.16. The van der Waals surface area contributed by atoms with E-state index in [0.29, 0.717) is 12.2 Å². The van der Waals surface area contributed by atoms with Gasteiger partial charge in [-0.25, -0.2) is 9.37 Å². The highest BCUT2D eigenvalue weighted by Gasteiger charge is 2.41. The van der Waals surface area contributed by atoms with Crippen LogP contribution in [-0.4, -0.2) is 21.3 Å². The van der Waals surface area contributed by atoms with Gasteiger partial charge in [0, 0.05) is 18.6 Å². The van der Waals surface area contributed by atoms with Crippen LogP contribution in [0, 0.1) is 11.7 Å². The number of halogens is 2. The molecule has 3 unspecified atom stereocenters. The van der Waals surface area contributed by atoms with Crippen LogP contribution in [-0.2, 0) is 0 Å². The number of nitrogens with two attached hydrogens (primary N) is 1. The number of hydrogen-bond donors (Lipinski definition) is 2. The van der Waals surface area contributed by atoms with E-state index in [0.717, 1.165) is 0 Å². The molecule has 3 rings (SSSR count). The summed E-state index contributed by atoms with van der Waals surface area (Å²) in [7, 11) is 0. The number of rotatable bonds is 3. The van der Waals surface area contributed by atoms with Crippen LogP contribution >= 0.6 is 11.6 Å². The standard InChI is InChI=1S/C14H15ClFN3O2/c1-6(17)13-18-12-9(16)3-2-8(15)11(12)14(21)19(13)10-4-7(10)5-20/h2-3,6-7,10,20H,4-5,17H2,1H3. The normalized spacial score (nSPS) is 22.5. The maximum atomic E-state index is 13.9. The van der Waals surface area contributed by atoms with Gasteiger partial charge in [-0.2, -0.15) is 0 Å². The lowest BCUT2D eigenvalue weighted by Gasteiger charge is -2.16. The van der Waals surface area contributed by atoms with E-state index >= 15 is 0 Å². The molecule has 5 nitrogen and oxygen atoms in total. The van der Waals surface area contributed by atoms with Gasteiger partial charge in [-0.3, -0.25) is 9.36 Å². The van der Waals surface area contributed by atoms with Crippen molar-refractivity contribution in [1.29, 1.82) is 0 Å². The van der Waals surface area contributed by atoms with Gasteiger partial charge in [-0.15, -0.1) is 0 Å². The molecule has 0 amide bonds. The highest BCUT2D eigenvalue weighted by atomic mass is 35.5. The molecule has 3 atom stereocenters. The summed E-state index contributed by atoms with van der Waals surface area (Å²) in [5.74, 6) is -0.281. The molecule has 1 aromatic carbocycles. The van der Waals surface area contributed by atoms with Gasteiger partial charge in [0.2, 0.25) is 0 Å². The van der Waals surface area contributed by atoms with Gasteiger partial charge in [0.1, 0.15) is 17.2 Å². The van der Waals surface area contributed by atoms with Crippen molar-refractivity contribution in [2.45, 2.75) is 25.4 Å². The Hall–Kier alpha value is -1.50. The average molecular weight is 312 g/mol. The Kier molecular flexibility index (Phi) is 3.47. The molecule has 0 aliphatic heterocycles. The third-order valence-electron chi connectivity index (χ3n) is 3.84. The molecule has 0 spiro atoms. The summed E-state index contributed by atoms with van der Waals surface area (Å²) in [5.41, 5.74) is 5.41. The van der Waals surface area contributed by atoms with Gasteiger partial charge >= 0.3 is 0 Å². The number of aromatic nitrogens is 2. The quantitative estimate of drug-likeness (QED) is 0.905. The molecule has 0 saturated heterocycles. The second-order valence-electron chi connectivity index (χ2n) is 5.43. The molecule has 2 aromatic rings. The molecular formula is C14H15ClFN3O2. The van der Waals surface area contributed by atoms with Gasteiger partial charge in [0.25, 0.3) is 5.56 Å². The molecule has 112 valence electrons. The Morgan fingerprint density at radius 2 is 2.33 bits per heavy atom. The summed E-state index contributed by atoms with van der Waals surface area (Å²) in [6.07, 6.45) is 0.677. The Morgan fingerprint density at radius 3 is 2.90 bits per heavy atom. The Bertz CT molecular complexity index is 775. The van der Waals surface area contributed by atoms with Crippen LogP contribution in [0.25, 0.3) is 10.9 Å². The Balaban J connectivity index is 2.35. The molecule has 7 heteroatoms. The second kappa shape index (κ2) is 5.05. The largest absolute Gasteiger partial charge is 0.396 e. The molecule has 1 aliphatic carbocycles. The van der Waals surface area contributed by atoms with Gasteiger partial charge in [0.15, 0.2) is 0 Å². The summed E-state index contributed by atoms with van der Waals surface area (Å²) < 4.78 is 15.4. The number of aliphatic hydroxyl groups excluding tert-OH is 1. The third kappa shape index (κ3) is 2.23. The van der Waals surface area contributed by atoms with E-state index in [4.69, 9.17) is 17.3 Å². The van der Waals surface area contributed by atoms with Gasteiger partial charge < -0.3 is 10.8 Å². The van der Waals surface area contributed by atoms with Crippen LogP contribution in [0.3, 0.4) is 0 Å². The highest BCUT2D eigenvalue weighted by Crippen LogP contribution is 2.43. The van der Waals surface area contributed by atoms with Crippen LogP contribution in [0.2, 0.25) is 5.02 Å². The summed E-state index contributed by atoms with van der Waals surface area (Å²) >= 11 is 6.03. The minimum atomic E-state index is -0.602. The summed E-state index contributed by atoms with van der Waals surface area (Å²) in [4.78, 5) is 16.9. The first-order valence-corrected chi connectivity index (χ1v) is 7.10. The van der Waals surface area contributed by atoms with Crippen LogP contribution in [0.4, 0.5) is 4.39 Å². The zero-order valence-electron chi connectivity index (χ0n) is 11.4. The second-order valence-corrected chi connectivity index (χ2v) is 5.84. The summed E-state index contributed by atoms with van der Waals surface area (Å²) in [5, 5.41) is 9.44. The minimum absolute atomic E-state index is 0.00628. The lowest BCUT2D eigenvalue weighted by atomic mass is 10.2. The van der Waals surface area contributed by atoms with Crippen molar-refractivity contribution in [3.63, 3.8) is 0 Å². The molecule has 21 heavy (non-hydrogen) atoms. The molecule has 1 aromatic heterocycles. The van der Waals surface area contributed by atoms with Crippen LogP contribution < -0.4 is 11.3 Å². The van der Waals surface area contributed by atoms with Crippen molar-refractivity contribution in [3.8, 4) is 0 Å². The first kappa shape index (κ1) is 14.4. The summed E-state index contributed by atoms with van der Waals surface area (Å²) in [6.45, 7) is 1.67. The number of aliphatic hydroxyl groups is 1. The predicted molar refractivity (Wildman–Crippen MR) is 77.8 cm³/mol. The fourth-order valence-electron chi connectivity index (χ4n) is 2.63. The maximum Gasteiger partial charge on any atom is 0.263 e. The van der Waals surface area contributed by atoms with Gasteiger partial charge in [0.05, 0.1) is 16.5 Å². The first-order valence-electron chi connectivity index (χ1n) is 6.72. The molecule has 0 bridgehead atoms. The lowest BCUT2D eigenvalue weighted by Crippen LogP contribution is -2.29. The van der Waals surface area contributed by atoms with Crippen LogP contribution in [0.15, 0.2) is 16.9 Å².